The molecule has 2 aromatic heterocycles. The Labute approximate surface area is 147 Å². The van der Waals surface area contributed by atoms with Crippen LogP contribution in [0.25, 0.3) is 5.65 Å². The number of fused-ring (bicyclic) bond motifs is 3. The molecular formula is C21H23N3O. The van der Waals surface area contributed by atoms with E-state index >= 15 is 0 Å². The average molecular weight is 333 g/mol. The number of carbonyl (C=O) groups is 1. The molecule has 0 bridgehead atoms. The number of nitrogens with zero attached hydrogens (tertiary/aromatic N) is 2. The third kappa shape index (κ3) is 2.93. The Morgan fingerprint density at radius 2 is 2.00 bits per heavy atom. The highest BCUT2D eigenvalue weighted by Gasteiger charge is 2.28. The highest BCUT2D eigenvalue weighted by molar-refractivity contribution is 5.93. The Bertz CT molecular complexity index is 971. The van der Waals surface area contributed by atoms with Crippen LogP contribution in [0.1, 0.15) is 34.5 Å². The van der Waals surface area contributed by atoms with Crippen LogP contribution in [0.2, 0.25) is 0 Å². The van der Waals surface area contributed by atoms with Crippen LogP contribution in [0.15, 0.2) is 36.5 Å². The number of hydrogen-bond acceptors (Lipinski definition) is 2. The van der Waals surface area contributed by atoms with Crippen molar-refractivity contribution in [2.75, 3.05) is 5.32 Å². The molecule has 3 aromatic rings. The molecule has 4 rings (SSSR count). The summed E-state index contributed by atoms with van der Waals surface area (Å²) >= 11 is 0. The lowest BCUT2D eigenvalue weighted by atomic mass is 9.89. The number of anilines is 1. The molecule has 1 aliphatic rings. The molecule has 0 saturated carbocycles. The molecule has 1 aromatic carbocycles. The van der Waals surface area contributed by atoms with Gasteiger partial charge in [-0.1, -0.05) is 12.1 Å². The van der Waals surface area contributed by atoms with Crippen molar-refractivity contribution in [1.82, 2.24) is 9.38 Å². The summed E-state index contributed by atoms with van der Waals surface area (Å²) in [5.41, 5.74) is 7.82. The predicted molar refractivity (Wildman–Crippen MR) is 100.0 cm³/mol. The maximum atomic E-state index is 12.8. The quantitative estimate of drug-likeness (QED) is 0.770. The molecule has 1 atom stereocenters. The maximum absolute atomic E-state index is 12.8. The van der Waals surface area contributed by atoms with Crippen molar-refractivity contribution in [2.24, 2.45) is 5.92 Å². The molecule has 0 aliphatic heterocycles. The second-order valence-electron chi connectivity index (χ2n) is 7.17. The topological polar surface area (TPSA) is 46.4 Å². The number of benzene rings is 1. The Kier molecular flexibility index (Phi) is 3.83. The molecule has 1 N–H and O–H groups in total. The van der Waals surface area contributed by atoms with Gasteiger partial charge < -0.3 is 9.72 Å². The van der Waals surface area contributed by atoms with E-state index in [4.69, 9.17) is 4.98 Å². The summed E-state index contributed by atoms with van der Waals surface area (Å²) in [6.45, 7) is 6.23. The van der Waals surface area contributed by atoms with Gasteiger partial charge in [-0.2, -0.15) is 0 Å². The lowest BCUT2D eigenvalue weighted by Gasteiger charge is -2.21. The molecule has 1 aliphatic carbocycles. The number of amides is 1. The van der Waals surface area contributed by atoms with E-state index in [0.29, 0.717) is 0 Å². The Morgan fingerprint density at radius 1 is 1.16 bits per heavy atom. The largest absolute Gasteiger partial charge is 0.326 e. The molecule has 0 spiro atoms. The van der Waals surface area contributed by atoms with Gasteiger partial charge in [0.15, 0.2) is 0 Å². The lowest BCUT2D eigenvalue weighted by Crippen LogP contribution is -2.28. The van der Waals surface area contributed by atoms with Crippen LogP contribution >= 0.6 is 0 Å². The average Bonchev–Trinajstić information content (AvgIpc) is 2.95. The minimum atomic E-state index is -0.00507. The summed E-state index contributed by atoms with van der Waals surface area (Å²) in [6, 6.07) is 10.2. The first-order chi connectivity index (χ1) is 12.0. The SMILES string of the molecule is Cc1ccc2nc3c(n2c1)CC(C(=O)Nc1ccc(C)c(C)c1)CC3. The first-order valence-electron chi connectivity index (χ1n) is 8.86. The standard InChI is InChI=1S/C21H23N3O/c1-13-4-9-20-23-18-8-6-16(11-19(18)24(20)12-13)21(25)22-17-7-5-14(2)15(3)10-17/h4-5,7,9-10,12,16H,6,8,11H2,1-3H3,(H,22,25). The number of carbonyl (C=O) groups excluding carboxylic acids is 1. The smallest absolute Gasteiger partial charge is 0.227 e. The lowest BCUT2D eigenvalue weighted by molar-refractivity contribution is -0.120. The van der Waals surface area contributed by atoms with Crippen LogP contribution in [0, 0.1) is 26.7 Å². The number of hydrogen-bond donors (Lipinski definition) is 1. The fourth-order valence-electron chi connectivity index (χ4n) is 3.60. The molecule has 4 nitrogen and oxygen atoms in total. The van der Waals surface area contributed by atoms with E-state index in [2.05, 4.69) is 54.9 Å². The first-order valence-corrected chi connectivity index (χ1v) is 8.86. The molecule has 0 saturated heterocycles. The fourth-order valence-corrected chi connectivity index (χ4v) is 3.60. The molecular weight excluding hydrogens is 310 g/mol. The molecule has 1 amide bonds. The number of rotatable bonds is 2. The zero-order chi connectivity index (χ0) is 17.6. The monoisotopic (exact) mass is 333 g/mol. The normalized spacial score (nSPS) is 16.7. The summed E-state index contributed by atoms with van der Waals surface area (Å²) < 4.78 is 2.15. The molecule has 1 unspecified atom stereocenters. The third-order valence-electron chi connectivity index (χ3n) is 5.26. The van der Waals surface area contributed by atoms with Gasteiger partial charge in [0, 0.05) is 29.9 Å². The minimum Gasteiger partial charge on any atom is -0.326 e. The first kappa shape index (κ1) is 15.9. The van der Waals surface area contributed by atoms with Gasteiger partial charge in [0.2, 0.25) is 5.91 Å². The van der Waals surface area contributed by atoms with Gasteiger partial charge in [-0.3, -0.25) is 4.79 Å². The van der Waals surface area contributed by atoms with Crippen LogP contribution < -0.4 is 5.32 Å². The summed E-state index contributed by atoms with van der Waals surface area (Å²) in [5, 5.41) is 3.09. The van der Waals surface area contributed by atoms with Gasteiger partial charge in [-0.15, -0.1) is 0 Å². The second kappa shape index (κ2) is 6.03. The van der Waals surface area contributed by atoms with E-state index in [-0.39, 0.29) is 11.8 Å². The second-order valence-corrected chi connectivity index (χ2v) is 7.17. The summed E-state index contributed by atoms with van der Waals surface area (Å²) in [6.07, 6.45) is 4.58. The van der Waals surface area contributed by atoms with E-state index in [1.165, 1.54) is 22.4 Å². The van der Waals surface area contributed by atoms with Gasteiger partial charge in [-0.25, -0.2) is 4.98 Å². The van der Waals surface area contributed by atoms with E-state index < -0.39 is 0 Å². The molecule has 25 heavy (non-hydrogen) atoms. The summed E-state index contributed by atoms with van der Waals surface area (Å²) in [4.78, 5) is 17.5. The van der Waals surface area contributed by atoms with Crippen LogP contribution in [0.5, 0.6) is 0 Å². The van der Waals surface area contributed by atoms with Crippen molar-refractivity contribution >= 4 is 17.2 Å². The van der Waals surface area contributed by atoms with Gasteiger partial charge in [0.25, 0.3) is 0 Å². The molecule has 0 fully saturated rings. The maximum Gasteiger partial charge on any atom is 0.227 e. The Hall–Kier alpha value is -2.62. The highest BCUT2D eigenvalue weighted by atomic mass is 16.1. The molecule has 2 heterocycles. The van der Waals surface area contributed by atoms with Crippen molar-refractivity contribution in [3.63, 3.8) is 0 Å². The minimum absolute atomic E-state index is 0.00507. The molecule has 4 heteroatoms. The highest BCUT2D eigenvalue weighted by Crippen LogP contribution is 2.28. The third-order valence-corrected chi connectivity index (χ3v) is 5.26. The van der Waals surface area contributed by atoms with Gasteiger partial charge in [-0.05, 0) is 68.5 Å². The number of nitrogens with one attached hydrogen (secondary N) is 1. The fraction of sp³-hybridized carbons (Fsp3) is 0.333. The van der Waals surface area contributed by atoms with Crippen molar-refractivity contribution in [2.45, 2.75) is 40.0 Å². The van der Waals surface area contributed by atoms with E-state index in [0.717, 1.165) is 36.3 Å². The van der Waals surface area contributed by atoms with Crippen LogP contribution in [-0.4, -0.2) is 15.3 Å². The molecule has 0 radical (unpaired) electrons. The number of imidazole rings is 1. The molecule has 128 valence electrons. The van der Waals surface area contributed by atoms with Crippen molar-refractivity contribution in [3.8, 4) is 0 Å². The summed E-state index contributed by atoms with van der Waals surface area (Å²) in [5.74, 6) is 0.103. The van der Waals surface area contributed by atoms with E-state index in [1.54, 1.807) is 0 Å². The van der Waals surface area contributed by atoms with Crippen LogP contribution in [0.4, 0.5) is 5.69 Å². The zero-order valence-electron chi connectivity index (χ0n) is 15.0. The van der Waals surface area contributed by atoms with Gasteiger partial charge >= 0.3 is 0 Å². The van der Waals surface area contributed by atoms with Gasteiger partial charge in [0.1, 0.15) is 5.65 Å². The van der Waals surface area contributed by atoms with E-state index in [9.17, 15) is 4.79 Å². The van der Waals surface area contributed by atoms with Crippen molar-refractivity contribution in [1.29, 1.82) is 0 Å². The van der Waals surface area contributed by atoms with Crippen LogP contribution in [0.3, 0.4) is 0 Å². The number of aromatic nitrogens is 2. The Morgan fingerprint density at radius 3 is 2.80 bits per heavy atom. The van der Waals surface area contributed by atoms with Crippen molar-refractivity contribution in [3.05, 3.63) is 64.6 Å². The number of pyridine rings is 1. The van der Waals surface area contributed by atoms with Crippen molar-refractivity contribution < 1.29 is 4.79 Å². The predicted octanol–water partition coefficient (Wildman–Crippen LogP) is 4.00. The van der Waals surface area contributed by atoms with Gasteiger partial charge in [0.05, 0.1) is 5.69 Å². The van der Waals surface area contributed by atoms with Crippen LogP contribution in [-0.2, 0) is 17.6 Å². The zero-order valence-corrected chi connectivity index (χ0v) is 15.0. The Balaban J connectivity index is 1.57. The number of aryl methyl sites for hydroxylation is 4. The van der Waals surface area contributed by atoms with E-state index in [1.807, 2.05) is 12.1 Å². The summed E-state index contributed by atoms with van der Waals surface area (Å²) in [7, 11) is 0.